The second kappa shape index (κ2) is 4.55. The van der Waals surface area contributed by atoms with Crippen LogP contribution < -0.4 is 4.74 Å². The molecule has 0 saturated heterocycles. The average Bonchev–Trinajstić information content (AvgIpc) is 3.10. The molecule has 8 nitrogen and oxygen atoms in total. The molecule has 2 heterocycles. The van der Waals surface area contributed by atoms with Gasteiger partial charge in [0.1, 0.15) is 5.75 Å². The van der Waals surface area contributed by atoms with Gasteiger partial charge in [0.15, 0.2) is 5.82 Å². The summed E-state index contributed by atoms with van der Waals surface area (Å²) in [4.78, 5) is 15.2. The van der Waals surface area contributed by atoms with Crippen LogP contribution in [0.4, 0.5) is 0 Å². The van der Waals surface area contributed by atoms with Crippen molar-refractivity contribution < 1.29 is 14.6 Å². The molecule has 1 aliphatic carbocycles. The SMILES string of the molecule is COc1cnccc1-c1nnnn1CC1(C(=O)O)CC1. The third-order valence-electron chi connectivity index (χ3n) is 3.54. The summed E-state index contributed by atoms with van der Waals surface area (Å²) in [5.41, 5.74) is -0.0431. The third-order valence-corrected chi connectivity index (χ3v) is 3.54. The van der Waals surface area contributed by atoms with E-state index < -0.39 is 11.4 Å². The van der Waals surface area contributed by atoms with Crippen LogP contribution in [0.1, 0.15) is 12.8 Å². The summed E-state index contributed by atoms with van der Waals surface area (Å²) in [6.45, 7) is 0.260. The van der Waals surface area contributed by atoms with Gasteiger partial charge < -0.3 is 9.84 Å². The summed E-state index contributed by atoms with van der Waals surface area (Å²) >= 11 is 0. The molecule has 0 unspecified atom stereocenters. The van der Waals surface area contributed by atoms with Crippen LogP contribution in [0.5, 0.6) is 5.75 Å². The van der Waals surface area contributed by atoms with E-state index >= 15 is 0 Å². The van der Waals surface area contributed by atoms with E-state index in [1.54, 1.807) is 18.5 Å². The van der Waals surface area contributed by atoms with Gasteiger partial charge in [0.05, 0.1) is 30.8 Å². The molecular weight excluding hydrogens is 262 g/mol. The van der Waals surface area contributed by atoms with Crippen LogP contribution in [-0.4, -0.2) is 43.4 Å². The number of hydrogen-bond donors (Lipinski definition) is 1. The van der Waals surface area contributed by atoms with Gasteiger partial charge in [0, 0.05) is 6.20 Å². The predicted molar refractivity (Wildman–Crippen MR) is 66.9 cm³/mol. The summed E-state index contributed by atoms with van der Waals surface area (Å²) in [7, 11) is 1.54. The van der Waals surface area contributed by atoms with Crippen LogP contribution in [0.2, 0.25) is 0 Å². The summed E-state index contributed by atoms with van der Waals surface area (Å²) in [5, 5.41) is 20.7. The number of carboxylic acids is 1. The van der Waals surface area contributed by atoms with Crippen LogP contribution in [0, 0.1) is 5.41 Å². The first-order chi connectivity index (χ1) is 9.66. The molecule has 2 aromatic heterocycles. The van der Waals surface area contributed by atoms with E-state index in [-0.39, 0.29) is 6.54 Å². The van der Waals surface area contributed by atoms with Crippen molar-refractivity contribution in [2.45, 2.75) is 19.4 Å². The number of hydrogen-bond acceptors (Lipinski definition) is 6. The fourth-order valence-corrected chi connectivity index (χ4v) is 2.11. The Morgan fingerprint density at radius 2 is 2.35 bits per heavy atom. The molecule has 0 spiro atoms. The van der Waals surface area contributed by atoms with Crippen LogP contribution >= 0.6 is 0 Å². The van der Waals surface area contributed by atoms with Crippen molar-refractivity contribution >= 4 is 5.97 Å². The van der Waals surface area contributed by atoms with E-state index in [4.69, 9.17) is 4.74 Å². The van der Waals surface area contributed by atoms with E-state index in [1.165, 1.54) is 11.8 Å². The molecule has 20 heavy (non-hydrogen) atoms. The molecule has 2 aromatic rings. The Hall–Kier alpha value is -2.51. The number of nitrogens with zero attached hydrogens (tertiary/aromatic N) is 5. The topological polar surface area (TPSA) is 103 Å². The van der Waals surface area contributed by atoms with Crippen molar-refractivity contribution in [3.63, 3.8) is 0 Å². The van der Waals surface area contributed by atoms with Crippen molar-refractivity contribution in [1.82, 2.24) is 25.2 Å². The molecule has 1 aliphatic rings. The van der Waals surface area contributed by atoms with Crippen molar-refractivity contribution in [2.75, 3.05) is 7.11 Å². The number of aliphatic carboxylic acids is 1. The van der Waals surface area contributed by atoms with Crippen LogP contribution in [0.3, 0.4) is 0 Å². The van der Waals surface area contributed by atoms with Crippen molar-refractivity contribution in [2.24, 2.45) is 5.41 Å². The Labute approximate surface area is 114 Å². The van der Waals surface area contributed by atoms with Gasteiger partial charge in [-0.25, -0.2) is 4.68 Å². The number of aromatic nitrogens is 5. The zero-order valence-corrected chi connectivity index (χ0v) is 10.9. The smallest absolute Gasteiger partial charge is 0.311 e. The molecule has 0 atom stereocenters. The van der Waals surface area contributed by atoms with Gasteiger partial charge in [0.25, 0.3) is 0 Å². The lowest BCUT2D eigenvalue weighted by molar-refractivity contribution is -0.144. The fraction of sp³-hybridized carbons (Fsp3) is 0.417. The third kappa shape index (κ3) is 1.98. The molecule has 1 N–H and O–H groups in total. The van der Waals surface area contributed by atoms with E-state index in [2.05, 4.69) is 20.5 Å². The molecule has 3 rings (SSSR count). The van der Waals surface area contributed by atoms with Crippen molar-refractivity contribution in [3.05, 3.63) is 18.5 Å². The van der Waals surface area contributed by atoms with Crippen molar-refractivity contribution in [3.8, 4) is 17.1 Å². The van der Waals surface area contributed by atoms with Gasteiger partial charge in [-0.3, -0.25) is 9.78 Å². The number of methoxy groups -OCH3 is 1. The zero-order chi connectivity index (χ0) is 14.2. The van der Waals surface area contributed by atoms with E-state index in [1.807, 2.05) is 0 Å². The lowest BCUT2D eigenvalue weighted by Crippen LogP contribution is -2.22. The molecule has 104 valence electrons. The monoisotopic (exact) mass is 275 g/mol. The van der Waals surface area contributed by atoms with Crippen molar-refractivity contribution in [1.29, 1.82) is 0 Å². The zero-order valence-electron chi connectivity index (χ0n) is 10.9. The van der Waals surface area contributed by atoms with Gasteiger partial charge in [0.2, 0.25) is 0 Å². The molecule has 8 heteroatoms. The van der Waals surface area contributed by atoms with Crippen LogP contribution in [0.25, 0.3) is 11.4 Å². The number of carbonyl (C=O) groups is 1. The number of tetrazole rings is 1. The van der Waals surface area contributed by atoms with E-state index in [0.29, 0.717) is 30.0 Å². The Morgan fingerprint density at radius 3 is 3.00 bits per heavy atom. The van der Waals surface area contributed by atoms with Crippen LogP contribution in [-0.2, 0) is 11.3 Å². The Bertz CT molecular complexity index is 650. The molecule has 0 amide bonds. The highest BCUT2D eigenvalue weighted by molar-refractivity contribution is 5.77. The molecule has 0 radical (unpaired) electrons. The minimum atomic E-state index is -0.805. The first-order valence-corrected chi connectivity index (χ1v) is 6.14. The summed E-state index contributed by atoms with van der Waals surface area (Å²) < 4.78 is 6.74. The highest BCUT2D eigenvalue weighted by Gasteiger charge is 2.51. The number of pyridine rings is 1. The maximum atomic E-state index is 11.3. The van der Waals surface area contributed by atoms with Gasteiger partial charge in [-0.1, -0.05) is 0 Å². The molecular formula is C12H13N5O3. The minimum Gasteiger partial charge on any atom is -0.494 e. The second-order valence-corrected chi connectivity index (χ2v) is 4.82. The van der Waals surface area contributed by atoms with E-state index in [0.717, 1.165) is 0 Å². The normalized spacial score (nSPS) is 15.8. The lowest BCUT2D eigenvalue weighted by atomic mass is 10.1. The highest BCUT2D eigenvalue weighted by atomic mass is 16.5. The molecule has 0 bridgehead atoms. The first-order valence-electron chi connectivity index (χ1n) is 6.14. The maximum Gasteiger partial charge on any atom is 0.311 e. The predicted octanol–water partition coefficient (Wildman–Crippen LogP) is 0.608. The maximum absolute atomic E-state index is 11.3. The Balaban J connectivity index is 1.96. The Kier molecular flexibility index (Phi) is 2.85. The Morgan fingerprint density at radius 1 is 1.55 bits per heavy atom. The average molecular weight is 275 g/mol. The summed E-state index contributed by atoms with van der Waals surface area (Å²) in [6.07, 6.45) is 4.48. The second-order valence-electron chi connectivity index (χ2n) is 4.82. The summed E-state index contributed by atoms with van der Waals surface area (Å²) in [5.74, 6) is 0.223. The van der Waals surface area contributed by atoms with E-state index in [9.17, 15) is 9.90 Å². The number of rotatable bonds is 5. The lowest BCUT2D eigenvalue weighted by Gasteiger charge is -2.12. The quantitative estimate of drug-likeness (QED) is 0.852. The minimum absolute atomic E-state index is 0.260. The largest absolute Gasteiger partial charge is 0.494 e. The first kappa shape index (κ1) is 12.5. The van der Waals surface area contributed by atoms with Gasteiger partial charge in [-0.15, -0.1) is 5.10 Å². The van der Waals surface area contributed by atoms with Gasteiger partial charge in [-0.2, -0.15) is 0 Å². The number of ether oxygens (including phenoxy) is 1. The molecule has 1 saturated carbocycles. The summed E-state index contributed by atoms with van der Waals surface area (Å²) in [6, 6.07) is 1.74. The fourth-order valence-electron chi connectivity index (χ4n) is 2.11. The van der Waals surface area contributed by atoms with Gasteiger partial charge >= 0.3 is 5.97 Å². The standard InChI is InChI=1S/C12H13N5O3/c1-20-9-6-13-5-2-8(9)10-14-15-16-17(10)7-12(3-4-12)11(18)19/h2,5-6H,3-4,7H2,1H3,(H,18,19). The highest BCUT2D eigenvalue weighted by Crippen LogP contribution is 2.47. The molecule has 1 fully saturated rings. The van der Waals surface area contributed by atoms with Crippen LogP contribution in [0.15, 0.2) is 18.5 Å². The molecule has 0 aliphatic heterocycles. The number of carboxylic acid groups (broad SMARTS) is 1. The molecule has 0 aromatic carbocycles. The van der Waals surface area contributed by atoms with Gasteiger partial charge in [-0.05, 0) is 29.3 Å².